The molecular formula is C14H20F3NS. The topological polar surface area (TPSA) is 12.0 Å². The zero-order chi connectivity index (χ0) is 14.0. The molecule has 0 amide bonds. The second kappa shape index (κ2) is 5.83. The summed E-state index contributed by atoms with van der Waals surface area (Å²) < 4.78 is 38.0. The highest BCUT2D eigenvalue weighted by atomic mass is 32.1. The number of hydrogen-bond acceptors (Lipinski definition) is 2. The zero-order valence-electron chi connectivity index (χ0n) is 11.3. The maximum atomic E-state index is 12.7. The fourth-order valence-corrected chi connectivity index (χ4v) is 4.19. The molecule has 19 heavy (non-hydrogen) atoms. The lowest BCUT2D eigenvalue weighted by Crippen LogP contribution is -2.33. The van der Waals surface area contributed by atoms with Crippen LogP contribution in [0.5, 0.6) is 0 Å². The molecule has 0 saturated heterocycles. The van der Waals surface area contributed by atoms with E-state index in [0.29, 0.717) is 18.8 Å². The largest absolute Gasteiger partial charge is 0.391 e. The molecule has 1 nitrogen and oxygen atoms in total. The summed E-state index contributed by atoms with van der Waals surface area (Å²) in [7, 11) is 1.90. The molecule has 1 aliphatic carbocycles. The van der Waals surface area contributed by atoms with E-state index in [4.69, 9.17) is 0 Å². The van der Waals surface area contributed by atoms with Crippen LogP contribution in [0.4, 0.5) is 13.2 Å². The Kier molecular flexibility index (Phi) is 4.56. The molecule has 1 N–H and O–H groups in total. The van der Waals surface area contributed by atoms with Crippen molar-refractivity contribution in [2.24, 2.45) is 11.8 Å². The summed E-state index contributed by atoms with van der Waals surface area (Å²) in [5, 5.41) is 5.35. The zero-order valence-corrected chi connectivity index (χ0v) is 12.1. The van der Waals surface area contributed by atoms with E-state index >= 15 is 0 Å². The van der Waals surface area contributed by atoms with E-state index in [1.807, 2.05) is 7.05 Å². The van der Waals surface area contributed by atoms with Gasteiger partial charge in [0.2, 0.25) is 0 Å². The first-order valence-corrected chi connectivity index (χ1v) is 7.59. The normalized spacial score (nSPS) is 26.4. The molecule has 0 bridgehead atoms. The summed E-state index contributed by atoms with van der Waals surface area (Å²) in [5.41, 5.74) is 1.24. The van der Waals surface area contributed by atoms with Gasteiger partial charge >= 0.3 is 6.18 Å². The third-order valence-electron chi connectivity index (χ3n) is 4.20. The highest BCUT2D eigenvalue weighted by molar-refractivity contribution is 7.10. The summed E-state index contributed by atoms with van der Waals surface area (Å²) in [6.07, 6.45) is -2.15. The molecule has 0 radical (unpaired) electrons. The minimum absolute atomic E-state index is 0.203. The van der Waals surface area contributed by atoms with Crippen LogP contribution < -0.4 is 5.32 Å². The van der Waals surface area contributed by atoms with Gasteiger partial charge in [0.15, 0.2) is 0 Å². The van der Waals surface area contributed by atoms with Gasteiger partial charge < -0.3 is 5.32 Å². The Balaban J connectivity index is 2.02. The SMILES string of the molecule is CNC(c1sccc1C)C1CCC(C(F)(F)F)CC1. The van der Waals surface area contributed by atoms with Crippen LogP contribution in [0.25, 0.3) is 0 Å². The molecule has 1 heterocycles. The minimum Gasteiger partial charge on any atom is -0.312 e. The Morgan fingerprint density at radius 2 is 1.89 bits per heavy atom. The molecule has 1 aromatic rings. The summed E-state index contributed by atoms with van der Waals surface area (Å²) in [6.45, 7) is 2.07. The second-order valence-corrected chi connectivity index (χ2v) is 6.34. The van der Waals surface area contributed by atoms with Crippen LogP contribution in [0.3, 0.4) is 0 Å². The van der Waals surface area contributed by atoms with E-state index < -0.39 is 12.1 Å². The third kappa shape index (κ3) is 3.31. The fraction of sp³-hybridized carbons (Fsp3) is 0.714. The predicted molar refractivity (Wildman–Crippen MR) is 72.4 cm³/mol. The molecule has 1 aromatic heterocycles. The van der Waals surface area contributed by atoms with Gasteiger partial charge in [-0.1, -0.05) is 0 Å². The van der Waals surface area contributed by atoms with Crippen molar-refractivity contribution in [3.05, 3.63) is 21.9 Å². The molecule has 1 atom stereocenters. The van der Waals surface area contributed by atoms with Gasteiger partial charge in [-0.05, 0) is 62.6 Å². The Labute approximate surface area is 116 Å². The lowest BCUT2D eigenvalue weighted by atomic mass is 9.77. The second-order valence-electron chi connectivity index (χ2n) is 5.39. The lowest BCUT2D eigenvalue weighted by molar-refractivity contribution is -0.184. The van der Waals surface area contributed by atoms with E-state index in [-0.39, 0.29) is 18.9 Å². The molecular weight excluding hydrogens is 271 g/mol. The number of rotatable bonds is 3. The Hall–Kier alpha value is -0.550. The minimum atomic E-state index is -4.01. The van der Waals surface area contributed by atoms with E-state index in [1.165, 1.54) is 10.4 Å². The Bertz CT molecular complexity index is 405. The van der Waals surface area contributed by atoms with Gasteiger partial charge in [-0.2, -0.15) is 13.2 Å². The molecule has 2 rings (SSSR count). The van der Waals surface area contributed by atoms with Crippen LogP contribution >= 0.6 is 11.3 Å². The van der Waals surface area contributed by atoms with Crippen LogP contribution in [0, 0.1) is 18.8 Å². The Morgan fingerprint density at radius 3 is 2.32 bits per heavy atom. The number of alkyl halides is 3. The maximum Gasteiger partial charge on any atom is 0.391 e. The molecule has 1 unspecified atom stereocenters. The van der Waals surface area contributed by atoms with Crippen molar-refractivity contribution in [1.29, 1.82) is 0 Å². The number of halogens is 3. The third-order valence-corrected chi connectivity index (χ3v) is 5.30. The van der Waals surface area contributed by atoms with E-state index in [2.05, 4.69) is 23.7 Å². The average Bonchev–Trinajstić information content (AvgIpc) is 2.76. The van der Waals surface area contributed by atoms with Crippen LogP contribution in [0.2, 0.25) is 0 Å². The van der Waals surface area contributed by atoms with Crippen LogP contribution in [-0.2, 0) is 0 Å². The van der Waals surface area contributed by atoms with Gasteiger partial charge in [0.1, 0.15) is 0 Å². The van der Waals surface area contributed by atoms with Crippen molar-refractivity contribution < 1.29 is 13.2 Å². The molecule has 1 saturated carbocycles. The van der Waals surface area contributed by atoms with Gasteiger partial charge in [-0.15, -0.1) is 11.3 Å². The number of nitrogens with one attached hydrogen (secondary N) is 1. The quantitative estimate of drug-likeness (QED) is 0.852. The van der Waals surface area contributed by atoms with Gasteiger partial charge in [0.25, 0.3) is 0 Å². The van der Waals surface area contributed by atoms with Gasteiger partial charge in [-0.25, -0.2) is 0 Å². The molecule has 108 valence electrons. The van der Waals surface area contributed by atoms with Crippen molar-refractivity contribution in [2.75, 3.05) is 7.05 Å². The highest BCUT2D eigenvalue weighted by Gasteiger charge is 2.42. The molecule has 0 aromatic carbocycles. The van der Waals surface area contributed by atoms with Gasteiger partial charge in [-0.3, -0.25) is 0 Å². The molecule has 1 aliphatic rings. The van der Waals surface area contributed by atoms with Crippen LogP contribution in [0.1, 0.15) is 42.2 Å². The fourth-order valence-electron chi connectivity index (χ4n) is 3.06. The van der Waals surface area contributed by atoms with Crippen LogP contribution in [0.15, 0.2) is 11.4 Å². The van der Waals surface area contributed by atoms with E-state index in [1.54, 1.807) is 11.3 Å². The summed E-state index contributed by atoms with van der Waals surface area (Å²) >= 11 is 1.70. The first-order chi connectivity index (χ1) is 8.93. The monoisotopic (exact) mass is 291 g/mol. The molecule has 0 spiro atoms. The predicted octanol–water partition coefficient (Wildman–Crippen LogP) is 4.69. The van der Waals surface area contributed by atoms with Crippen LogP contribution in [-0.4, -0.2) is 13.2 Å². The van der Waals surface area contributed by atoms with E-state index in [0.717, 1.165) is 0 Å². The maximum absolute atomic E-state index is 12.7. The first kappa shape index (κ1) is 14.9. The Morgan fingerprint density at radius 1 is 1.26 bits per heavy atom. The average molecular weight is 291 g/mol. The molecule has 0 aliphatic heterocycles. The van der Waals surface area contributed by atoms with Gasteiger partial charge in [0.05, 0.1) is 5.92 Å². The summed E-state index contributed by atoms with van der Waals surface area (Å²) in [6, 6.07) is 2.28. The van der Waals surface area contributed by atoms with Crippen molar-refractivity contribution >= 4 is 11.3 Å². The number of hydrogen-bond donors (Lipinski definition) is 1. The highest BCUT2D eigenvalue weighted by Crippen LogP contribution is 2.44. The van der Waals surface area contributed by atoms with Crippen molar-refractivity contribution in [3.8, 4) is 0 Å². The molecule has 1 fully saturated rings. The number of aryl methyl sites for hydroxylation is 1. The summed E-state index contributed by atoms with van der Waals surface area (Å²) in [5.74, 6) is -0.772. The van der Waals surface area contributed by atoms with Crippen molar-refractivity contribution in [3.63, 3.8) is 0 Å². The molecule has 5 heteroatoms. The van der Waals surface area contributed by atoms with E-state index in [9.17, 15) is 13.2 Å². The van der Waals surface area contributed by atoms with Gasteiger partial charge in [0, 0.05) is 10.9 Å². The standard InChI is InChI=1S/C14H20F3NS/c1-9-7-8-19-13(9)12(18-2)10-3-5-11(6-4-10)14(15,16)17/h7-8,10-12,18H,3-6H2,1-2H3. The summed E-state index contributed by atoms with van der Waals surface area (Å²) in [4.78, 5) is 1.28. The number of thiophene rings is 1. The first-order valence-electron chi connectivity index (χ1n) is 6.71. The smallest absolute Gasteiger partial charge is 0.312 e. The lowest BCUT2D eigenvalue weighted by Gasteiger charge is -2.34. The van der Waals surface area contributed by atoms with Crippen molar-refractivity contribution in [2.45, 2.75) is 44.8 Å². The van der Waals surface area contributed by atoms with Crippen molar-refractivity contribution in [1.82, 2.24) is 5.32 Å².